The van der Waals surface area contributed by atoms with Gasteiger partial charge in [0.1, 0.15) is 10.6 Å². The third-order valence-corrected chi connectivity index (χ3v) is 5.22. The summed E-state index contributed by atoms with van der Waals surface area (Å²) >= 11 is 0. The van der Waals surface area contributed by atoms with E-state index >= 15 is 0 Å². The summed E-state index contributed by atoms with van der Waals surface area (Å²) in [6, 6.07) is 3.75. The quantitative estimate of drug-likeness (QED) is 0.839. The number of rotatable bonds is 2. The van der Waals surface area contributed by atoms with Gasteiger partial charge in [-0.25, -0.2) is 9.78 Å². The summed E-state index contributed by atoms with van der Waals surface area (Å²) in [5, 5.41) is 0.676. The van der Waals surface area contributed by atoms with Crippen molar-refractivity contribution in [2.75, 3.05) is 13.1 Å². The maximum absolute atomic E-state index is 12.5. The predicted octanol–water partition coefficient (Wildman–Crippen LogP) is 2.90. The van der Waals surface area contributed by atoms with Crippen LogP contribution in [-0.2, 0) is 15.5 Å². The topological polar surface area (TPSA) is 59.5 Å². The molecule has 2 rings (SSSR count). The number of likely N-dealkylation sites (tertiary alicyclic amines) is 1. The molecule has 1 aromatic heterocycles. The summed E-state index contributed by atoms with van der Waals surface area (Å²) in [5.74, 6) is 0. The van der Waals surface area contributed by atoms with Gasteiger partial charge in [-0.15, -0.1) is 0 Å². The van der Waals surface area contributed by atoms with E-state index in [0.29, 0.717) is 31.0 Å². The van der Waals surface area contributed by atoms with Gasteiger partial charge in [-0.05, 0) is 52.2 Å². The highest BCUT2D eigenvalue weighted by atomic mass is 32.2. The van der Waals surface area contributed by atoms with Crippen LogP contribution < -0.4 is 0 Å². The number of pyridine rings is 1. The van der Waals surface area contributed by atoms with E-state index in [9.17, 15) is 9.00 Å². The van der Waals surface area contributed by atoms with Crippen molar-refractivity contribution in [3.63, 3.8) is 0 Å². The largest absolute Gasteiger partial charge is 0.444 e. The van der Waals surface area contributed by atoms with Gasteiger partial charge in [0.25, 0.3) is 0 Å². The number of aromatic nitrogens is 1. The molecule has 0 N–H and O–H groups in total. The van der Waals surface area contributed by atoms with E-state index in [1.165, 1.54) is 0 Å². The van der Waals surface area contributed by atoms with Crippen LogP contribution in [0, 0.1) is 6.92 Å². The second kappa shape index (κ2) is 6.77. The van der Waals surface area contributed by atoms with Crippen molar-refractivity contribution < 1.29 is 13.7 Å². The van der Waals surface area contributed by atoms with Gasteiger partial charge in [-0.1, -0.05) is 6.07 Å². The average Bonchev–Trinajstić information content (AvgIpc) is 2.46. The fourth-order valence-corrected chi connectivity index (χ4v) is 3.66. The smallest absolute Gasteiger partial charge is 0.410 e. The molecule has 1 fully saturated rings. The van der Waals surface area contributed by atoms with E-state index in [1.807, 2.05) is 39.8 Å². The second-order valence-corrected chi connectivity index (χ2v) is 8.32. The first-order valence-electron chi connectivity index (χ1n) is 7.57. The SMILES string of the molecule is Cc1ccc([S@@](=O)C2CCN(C(=O)OC(C)(C)C)CC2)nc1. The van der Waals surface area contributed by atoms with Crippen LogP contribution in [-0.4, -0.2) is 44.1 Å². The molecule has 0 aromatic carbocycles. The summed E-state index contributed by atoms with van der Waals surface area (Å²) in [7, 11) is -1.12. The normalized spacial score (nSPS) is 18.1. The highest BCUT2D eigenvalue weighted by Crippen LogP contribution is 2.21. The van der Waals surface area contributed by atoms with Gasteiger partial charge in [-0.3, -0.25) is 4.21 Å². The maximum atomic E-state index is 12.5. The molecule has 1 saturated heterocycles. The van der Waals surface area contributed by atoms with E-state index in [4.69, 9.17) is 4.74 Å². The summed E-state index contributed by atoms with van der Waals surface area (Å²) in [5.41, 5.74) is 0.572. The first-order chi connectivity index (χ1) is 10.3. The number of carbonyl (C=O) groups is 1. The fourth-order valence-electron chi connectivity index (χ4n) is 2.32. The van der Waals surface area contributed by atoms with Crippen LogP contribution >= 0.6 is 0 Å². The molecule has 6 heteroatoms. The molecule has 0 spiro atoms. The standard InChI is InChI=1S/C16H24N2O3S/c1-12-5-6-14(17-11-12)22(20)13-7-9-18(10-8-13)15(19)21-16(2,3)4/h5-6,11,13H,7-10H2,1-4H3/t22-/m0/s1. The van der Waals surface area contributed by atoms with Crippen molar-refractivity contribution in [3.8, 4) is 0 Å². The molecule has 0 saturated carbocycles. The molecule has 0 unspecified atom stereocenters. The van der Waals surface area contributed by atoms with Crippen LogP contribution in [0.15, 0.2) is 23.4 Å². The molecule has 22 heavy (non-hydrogen) atoms. The van der Waals surface area contributed by atoms with E-state index < -0.39 is 16.4 Å². The summed E-state index contributed by atoms with van der Waals surface area (Å²) in [6.07, 6.45) is 2.87. The molecule has 2 heterocycles. The Hall–Kier alpha value is -1.43. The van der Waals surface area contributed by atoms with Crippen molar-refractivity contribution in [1.82, 2.24) is 9.88 Å². The molecule has 0 aliphatic carbocycles. The molecule has 5 nitrogen and oxygen atoms in total. The van der Waals surface area contributed by atoms with Crippen molar-refractivity contribution in [2.24, 2.45) is 0 Å². The van der Waals surface area contributed by atoms with Crippen LogP contribution in [0.2, 0.25) is 0 Å². The van der Waals surface area contributed by atoms with Crippen LogP contribution in [0.5, 0.6) is 0 Å². The molecule has 1 aliphatic heterocycles. The molecule has 0 bridgehead atoms. The third kappa shape index (κ3) is 4.53. The molecular formula is C16H24N2O3S. The van der Waals surface area contributed by atoms with Gasteiger partial charge >= 0.3 is 6.09 Å². The minimum Gasteiger partial charge on any atom is -0.444 e. The lowest BCUT2D eigenvalue weighted by Crippen LogP contribution is -2.43. The summed E-state index contributed by atoms with van der Waals surface area (Å²) in [6.45, 7) is 8.69. The van der Waals surface area contributed by atoms with Gasteiger partial charge in [0.15, 0.2) is 0 Å². The van der Waals surface area contributed by atoms with Crippen molar-refractivity contribution >= 4 is 16.9 Å². The zero-order chi connectivity index (χ0) is 16.3. The number of hydrogen-bond acceptors (Lipinski definition) is 4. The predicted molar refractivity (Wildman–Crippen MR) is 86.2 cm³/mol. The van der Waals surface area contributed by atoms with E-state index in [2.05, 4.69) is 4.98 Å². The molecule has 1 amide bonds. The monoisotopic (exact) mass is 324 g/mol. The van der Waals surface area contributed by atoms with Crippen molar-refractivity contribution in [1.29, 1.82) is 0 Å². The van der Waals surface area contributed by atoms with Crippen molar-refractivity contribution in [2.45, 2.75) is 56.4 Å². The van der Waals surface area contributed by atoms with E-state index in [1.54, 1.807) is 11.1 Å². The zero-order valence-electron chi connectivity index (χ0n) is 13.7. The Morgan fingerprint density at radius 2 is 1.95 bits per heavy atom. The lowest BCUT2D eigenvalue weighted by Gasteiger charge is -2.32. The zero-order valence-corrected chi connectivity index (χ0v) is 14.5. The van der Waals surface area contributed by atoms with Gasteiger partial charge in [0.05, 0.1) is 10.8 Å². The Bertz CT molecular complexity index is 544. The first-order valence-corrected chi connectivity index (χ1v) is 8.79. The van der Waals surface area contributed by atoms with E-state index in [-0.39, 0.29) is 11.3 Å². The Morgan fingerprint density at radius 3 is 2.45 bits per heavy atom. The number of amides is 1. The van der Waals surface area contributed by atoms with Crippen molar-refractivity contribution in [3.05, 3.63) is 23.9 Å². The number of hydrogen-bond donors (Lipinski definition) is 0. The molecule has 122 valence electrons. The molecule has 1 aromatic rings. The van der Waals surface area contributed by atoms with Crippen LogP contribution in [0.3, 0.4) is 0 Å². The highest BCUT2D eigenvalue weighted by molar-refractivity contribution is 7.85. The third-order valence-electron chi connectivity index (χ3n) is 3.49. The molecular weight excluding hydrogens is 300 g/mol. The number of carbonyl (C=O) groups excluding carboxylic acids is 1. The van der Waals surface area contributed by atoms with Crippen LogP contribution in [0.4, 0.5) is 4.79 Å². The Morgan fingerprint density at radius 1 is 1.32 bits per heavy atom. The molecule has 1 aliphatic rings. The van der Waals surface area contributed by atoms with E-state index in [0.717, 1.165) is 5.56 Å². The molecule has 1 atom stereocenters. The maximum Gasteiger partial charge on any atom is 0.410 e. The summed E-state index contributed by atoms with van der Waals surface area (Å²) < 4.78 is 17.9. The first kappa shape index (κ1) is 16.9. The number of aryl methyl sites for hydroxylation is 1. The van der Waals surface area contributed by atoms with Gasteiger partial charge in [0.2, 0.25) is 0 Å². The highest BCUT2D eigenvalue weighted by Gasteiger charge is 2.30. The lowest BCUT2D eigenvalue weighted by molar-refractivity contribution is 0.0218. The fraction of sp³-hybridized carbons (Fsp3) is 0.625. The average molecular weight is 324 g/mol. The molecule has 0 radical (unpaired) electrons. The Kier molecular flexibility index (Phi) is 5.21. The lowest BCUT2D eigenvalue weighted by atomic mass is 10.1. The van der Waals surface area contributed by atoms with Crippen LogP contribution in [0.25, 0.3) is 0 Å². The van der Waals surface area contributed by atoms with Gasteiger partial charge < -0.3 is 9.64 Å². The number of piperidine rings is 1. The second-order valence-electron chi connectivity index (χ2n) is 6.64. The number of nitrogens with zero attached hydrogens (tertiary/aromatic N) is 2. The van der Waals surface area contributed by atoms with Crippen LogP contribution in [0.1, 0.15) is 39.2 Å². The number of ether oxygens (including phenoxy) is 1. The Labute approximate surface area is 134 Å². The van der Waals surface area contributed by atoms with Gasteiger partial charge in [-0.2, -0.15) is 0 Å². The van der Waals surface area contributed by atoms with Gasteiger partial charge in [0, 0.05) is 24.5 Å². The minimum absolute atomic E-state index is 0.0499. The minimum atomic E-state index is -1.12. The summed E-state index contributed by atoms with van der Waals surface area (Å²) in [4.78, 5) is 18.0. The Balaban J connectivity index is 1.90.